The van der Waals surface area contributed by atoms with Crippen molar-refractivity contribution >= 4 is 22.5 Å². The summed E-state index contributed by atoms with van der Waals surface area (Å²) in [6, 6.07) is 17.3. The summed E-state index contributed by atoms with van der Waals surface area (Å²) in [4.78, 5) is 19.4. The first-order chi connectivity index (χ1) is 11.8. The van der Waals surface area contributed by atoms with Crippen molar-refractivity contribution < 1.29 is 4.79 Å². The van der Waals surface area contributed by atoms with Gasteiger partial charge in [0.25, 0.3) is 5.91 Å². The Morgan fingerprint density at radius 3 is 2.71 bits per heavy atom. The molecule has 0 aliphatic heterocycles. The van der Waals surface area contributed by atoms with Gasteiger partial charge in [-0.25, -0.2) is 9.67 Å². The number of amides is 1. The van der Waals surface area contributed by atoms with E-state index in [4.69, 9.17) is 0 Å². The van der Waals surface area contributed by atoms with Gasteiger partial charge in [-0.1, -0.05) is 30.3 Å². The summed E-state index contributed by atoms with van der Waals surface area (Å²) >= 11 is 0. The van der Waals surface area contributed by atoms with Gasteiger partial charge in [-0.05, 0) is 29.8 Å². The Kier molecular flexibility index (Phi) is 3.55. The van der Waals surface area contributed by atoms with Gasteiger partial charge >= 0.3 is 0 Å². The van der Waals surface area contributed by atoms with Gasteiger partial charge < -0.3 is 10.3 Å². The molecule has 0 saturated heterocycles. The van der Waals surface area contributed by atoms with Gasteiger partial charge in [0.2, 0.25) is 0 Å². The number of aromatic nitrogens is 4. The molecule has 0 saturated carbocycles. The lowest BCUT2D eigenvalue weighted by molar-refractivity contribution is 0.102. The molecule has 4 aromatic rings. The molecule has 118 valence electrons. The first-order valence-electron chi connectivity index (χ1n) is 7.58. The molecule has 0 spiro atoms. The molecule has 6 heteroatoms. The van der Waals surface area contributed by atoms with Crippen LogP contribution in [0.25, 0.3) is 10.9 Å². The average molecular weight is 317 g/mol. The minimum absolute atomic E-state index is 0.157. The topological polar surface area (TPSA) is 75.6 Å². The monoisotopic (exact) mass is 317 g/mol. The summed E-state index contributed by atoms with van der Waals surface area (Å²) in [6.45, 7) is 0.649. The molecular formula is C18H15N5O. The summed E-state index contributed by atoms with van der Waals surface area (Å²) < 4.78 is 1.75. The highest BCUT2D eigenvalue weighted by Crippen LogP contribution is 2.16. The van der Waals surface area contributed by atoms with Gasteiger partial charge in [0.05, 0.1) is 6.54 Å². The summed E-state index contributed by atoms with van der Waals surface area (Å²) in [6.07, 6.45) is 3.18. The lowest BCUT2D eigenvalue weighted by Gasteiger charge is -2.06. The predicted octanol–water partition coefficient (Wildman–Crippen LogP) is 3.06. The molecule has 0 fully saturated rings. The van der Waals surface area contributed by atoms with Crippen LogP contribution >= 0.6 is 0 Å². The van der Waals surface area contributed by atoms with Crippen LogP contribution in [-0.2, 0) is 6.54 Å². The van der Waals surface area contributed by atoms with Crippen LogP contribution in [-0.4, -0.2) is 25.7 Å². The number of anilines is 1. The van der Waals surface area contributed by atoms with Gasteiger partial charge in [-0.15, -0.1) is 0 Å². The highest BCUT2D eigenvalue weighted by molar-refractivity contribution is 6.05. The van der Waals surface area contributed by atoms with Crippen molar-refractivity contribution in [2.75, 3.05) is 5.32 Å². The van der Waals surface area contributed by atoms with Crippen molar-refractivity contribution in [2.45, 2.75) is 6.54 Å². The molecule has 2 heterocycles. The van der Waals surface area contributed by atoms with Crippen LogP contribution in [0.4, 0.5) is 5.69 Å². The highest BCUT2D eigenvalue weighted by Gasteiger charge is 2.09. The molecule has 1 amide bonds. The van der Waals surface area contributed by atoms with Gasteiger partial charge in [-0.3, -0.25) is 4.79 Å². The fraction of sp³-hybridized carbons (Fsp3) is 0.0556. The van der Waals surface area contributed by atoms with Crippen molar-refractivity contribution in [3.8, 4) is 0 Å². The fourth-order valence-electron chi connectivity index (χ4n) is 2.59. The Morgan fingerprint density at radius 2 is 1.96 bits per heavy atom. The Hall–Kier alpha value is -3.41. The number of rotatable bonds is 4. The summed E-state index contributed by atoms with van der Waals surface area (Å²) in [7, 11) is 0. The number of H-pyrrole nitrogens is 1. The Morgan fingerprint density at radius 1 is 1.12 bits per heavy atom. The Labute approximate surface area is 138 Å². The van der Waals surface area contributed by atoms with E-state index in [1.165, 1.54) is 6.33 Å². The zero-order chi connectivity index (χ0) is 16.4. The van der Waals surface area contributed by atoms with Crippen molar-refractivity contribution in [3.63, 3.8) is 0 Å². The van der Waals surface area contributed by atoms with Gasteiger partial charge in [0.1, 0.15) is 18.3 Å². The lowest BCUT2D eigenvalue weighted by Crippen LogP contribution is -2.12. The number of nitrogens with zero attached hydrogens (tertiary/aromatic N) is 3. The second kappa shape index (κ2) is 6.00. The molecule has 0 radical (unpaired) electrons. The molecule has 24 heavy (non-hydrogen) atoms. The van der Waals surface area contributed by atoms with E-state index in [1.54, 1.807) is 11.0 Å². The number of para-hydroxylation sites is 1. The number of fused-ring (bicyclic) bond motifs is 1. The van der Waals surface area contributed by atoms with Crippen LogP contribution in [0.5, 0.6) is 0 Å². The van der Waals surface area contributed by atoms with Crippen LogP contribution < -0.4 is 5.32 Å². The molecule has 6 nitrogen and oxygen atoms in total. The van der Waals surface area contributed by atoms with E-state index in [1.807, 2.05) is 54.6 Å². The van der Waals surface area contributed by atoms with E-state index in [0.717, 1.165) is 22.2 Å². The normalized spacial score (nSPS) is 10.8. The zero-order valence-corrected chi connectivity index (χ0v) is 12.8. The van der Waals surface area contributed by atoms with Crippen LogP contribution in [0.15, 0.2) is 67.3 Å². The number of aromatic amines is 1. The number of benzene rings is 2. The molecule has 0 atom stereocenters. The van der Waals surface area contributed by atoms with E-state index in [-0.39, 0.29) is 5.91 Å². The second-order valence-corrected chi connectivity index (χ2v) is 5.51. The van der Waals surface area contributed by atoms with E-state index in [2.05, 4.69) is 20.4 Å². The van der Waals surface area contributed by atoms with Gasteiger partial charge in [0.15, 0.2) is 0 Å². The molecule has 2 N–H and O–H groups in total. The van der Waals surface area contributed by atoms with Crippen molar-refractivity contribution in [3.05, 3.63) is 78.5 Å². The predicted molar refractivity (Wildman–Crippen MR) is 91.8 cm³/mol. The molecule has 0 aliphatic rings. The van der Waals surface area contributed by atoms with Crippen LogP contribution in [0.1, 0.15) is 16.1 Å². The standard InChI is InChI=1S/C18H15N5O/c24-18(17-9-14-3-1-2-4-16(14)22-17)21-15-7-5-13(6-8-15)10-23-12-19-11-20-23/h1-9,11-12,22H,10H2,(H,21,24). The minimum Gasteiger partial charge on any atom is -0.351 e. The molecule has 0 unspecified atom stereocenters. The molecule has 2 aromatic carbocycles. The number of nitrogens with one attached hydrogen (secondary N) is 2. The lowest BCUT2D eigenvalue weighted by atomic mass is 10.2. The number of hydrogen-bond acceptors (Lipinski definition) is 3. The third kappa shape index (κ3) is 2.89. The van der Waals surface area contributed by atoms with Crippen molar-refractivity contribution in [1.29, 1.82) is 0 Å². The fourth-order valence-corrected chi connectivity index (χ4v) is 2.59. The number of carbonyl (C=O) groups excluding carboxylic acids is 1. The summed E-state index contributed by atoms with van der Waals surface area (Å²) in [5, 5.41) is 7.99. The quantitative estimate of drug-likeness (QED) is 0.607. The van der Waals surface area contributed by atoms with E-state index in [0.29, 0.717) is 12.2 Å². The van der Waals surface area contributed by atoms with E-state index < -0.39 is 0 Å². The first kappa shape index (κ1) is 14.2. The van der Waals surface area contributed by atoms with E-state index >= 15 is 0 Å². The first-order valence-corrected chi connectivity index (χ1v) is 7.58. The highest BCUT2D eigenvalue weighted by atomic mass is 16.1. The second-order valence-electron chi connectivity index (χ2n) is 5.51. The van der Waals surface area contributed by atoms with Gasteiger partial charge in [0, 0.05) is 16.6 Å². The van der Waals surface area contributed by atoms with E-state index in [9.17, 15) is 4.79 Å². The molecule has 0 bridgehead atoms. The van der Waals surface area contributed by atoms with Crippen molar-refractivity contribution in [2.24, 2.45) is 0 Å². The third-order valence-corrected chi connectivity index (χ3v) is 3.80. The summed E-state index contributed by atoms with van der Waals surface area (Å²) in [5.41, 5.74) is 3.33. The van der Waals surface area contributed by atoms with Crippen LogP contribution in [0, 0.1) is 0 Å². The van der Waals surface area contributed by atoms with Gasteiger partial charge in [-0.2, -0.15) is 5.10 Å². The largest absolute Gasteiger partial charge is 0.351 e. The molecule has 4 rings (SSSR count). The maximum absolute atomic E-state index is 12.4. The SMILES string of the molecule is O=C(Nc1ccc(Cn2cncn2)cc1)c1cc2ccccc2[nH]1. The Bertz CT molecular complexity index is 937. The molecule has 2 aromatic heterocycles. The van der Waals surface area contributed by atoms with Crippen molar-refractivity contribution in [1.82, 2.24) is 19.7 Å². The summed E-state index contributed by atoms with van der Waals surface area (Å²) in [5.74, 6) is -0.157. The number of hydrogen-bond donors (Lipinski definition) is 2. The van der Waals surface area contributed by atoms with Crippen LogP contribution in [0.2, 0.25) is 0 Å². The zero-order valence-electron chi connectivity index (χ0n) is 12.8. The minimum atomic E-state index is -0.157. The number of carbonyl (C=O) groups is 1. The van der Waals surface area contributed by atoms with Crippen LogP contribution in [0.3, 0.4) is 0 Å². The molecule has 0 aliphatic carbocycles. The maximum Gasteiger partial charge on any atom is 0.272 e. The molecular weight excluding hydrogens is 302 g/mol. The third-order valence-electron chi connectivity index (χ3n) is 3.80. The average Bonchev–Trinajstić information content (AvgIpc) is 3.25. The Balaban J connectivity index is 1.47. The smallest absolute Gasteiger partial charge is 0.272 e. The maximum atomic E-state index is 12.4.